The van der Waals surface area contributed by atoms with Gasteiger partial charge >= 0.3 is 0 Å². The zero-order valence-corrected chi connectivity index (χ0v) is 7.69. The zero-order chi connectivity index (χ0) is 11.3. The molecule has 0 spiro atoms. The molecule has 15 heavy (non-hydrogen) atoms. The van der Waals surface area contributed by atoms with Gasteiger partial charge in [-0.2, -0.15) is 10.5 Å². The van der Waals surface area contributed by atoms with Crippen LogP contribution in [0.5, 0.6) is 5.75 Å². The van der Waals surface area contributed by atoms with Gasteiger partial charge in [-0.05, 0) is 12.1 Å². The Balaban J connectivity index is 2.88. The molecular formula is C10H7N3O2. The van der Waals surface area contributed by atoms with Crippen molar-refractivity contribution in [1.29, 1.82) is 10.5 Å². The predicted octanol–water partition coefficient (Wildman–Crippen LogP) is 1.12. The molecule has 1 amide bonds. The van der Waals surface area contributed by atoms with Crippen LogP contribution >= 0.6 is 0 Å². The molecule has 0 fully saturated rings. The van der Waals surface area contributed by atoms with Crippen molar-refractivity contribution in [3.63, 3.8) is 0 Å². The van der Waals surface area contributed by atoms with Crippen LogP contribution in [0.15, 0.2) is 18.2 Å². The van der Waals surface area contributed by atoms with Crippen molar-refractivity contribution >= 4 is 11.6 Å². The summed E-state index contributed by atoms with van der Waals surface area (Å²) < 4.78 is 0. The highest BCUT2D eigenvalue weighted by Gasteiger charge is 2.03. The van der Waals surface area contributed by atoms with Crippen LogP contribution in [0, 0.1) is 22.7 Å². The van der Waals surface area contributed by atoms with E-state index in [0.29, 0.717) is 5.69 Å². The summed E-state index contributed by atoms with van der Waals surface area (Å²) in [7, 11) is 0. The predicted molar refractivity (Wildman–Crippen MR) is 51.7 cm³/mol. The third kappa shape index (κ3) is 3.02. The second-order valence-corrected chi connectivity index (χ2v) is 2.76. The van der Waals surface area contributed by atoms with Crippen LogP contribution in [0.1, 0.15) is 12.0 Å². The molecular weight excluding hydrogens is 194 g/mol. The lowest BCUT2D eigenvalue weighted by molar-refractivity contribution is -0.115. The molecule has 0 bridgehead atoms. The van der Waals surface area contributed by atoms with Crippen molar-refractivity contribution in [1.82, 2.24) is 0 Å². The Labute approximate surface area is 86.2 Å². The molecule has 5 heteroatoms. The fraction of sp³-hybridized carbons (Fsp3) is 0.100. The van der Waals surface area contributed by atoms with E-state index >= 15 is 0 Å². The van der Waals surface area contributed by atoms with Crippen molar-refractivity contribution in [3.8, 4) is 17.9 Å². The lowest BCUT2D eigenvalue weighted by atomic mass is 10.2. The van der Waals surface area contributed by atoms with Crippen LogP contribution < -0.4 is 5.32 Å². The maximum Gasteiger partial charge on any atom is 0.238 e. The number of hydrogen-bond donors (Lipinski definition) is 2. The molecule has 0 saturated carbocycles. The van der Waals surface area contributed by atoms with Crippen molar-refractivity contribution in [3.05, 3.63) is 23.8 Å². The summed E-state index contributed by atoms with van der Waals surface area (Å²) in [5, 5.41) is 28.4. The third-order valence-corrected chi connectivity index (χ3v) is 1.57. The van der Waals surface area contributed by atoms with Crippen molar-refractivity contribution in [2.45, 2.75) is 6.42 Å². The van der Waals surface area contributed by atoms with Crippen LogP contribution in [-0.4, -0.2) is 11.0 Å². The van der Waals surface area contributed by atoms with Gasteiger partial charge in [0.05, 0.1) is 17.7 Å². The van der Waals surface area contributed by atoms with Crippen molar-refractivity contribution in [2.75, 3.05) is 5.32 Å². The Hall–Kier alpha value is -2.53. The number of nitrogens with zero attached hydrogens (tertiary/aromatic N) is 2. The molecule has 1 aromatic rings. The minimum absolute atomic E-state index is 0.110. The normalized spacial score (nSPS) is 8.67. The molecule has 5 nitrogen and oxygen atoms in total. The first-order chi connectivity index (χ1) is 7.15. The minimum atomic E-state index is -0.480. The molecule has 0 atom stereocenters. The van der Waals surface area contributed by atoms with Gasteiger partial charge in [0.2, 0.25) is 5.91 Å². The fourth-order valence-corrected chi connectivity index (χ4v) is 1.02. The molecule has 1 aromatic carbocycles. The number of hydrogen-bond acceptors (Lipinski definition) is 4. The highest BCUT2D eigenvalue weighted by atomic mass is 16.3. The van der Waals surface area contributed by atoms with Crippen LogP contribution in [-0.2, 0) is 4.79 Å². The molecule has 0 heterocycles. The summed E-state index contributed by atoms with van der Waals surface area (Å²) in [5.41, 5.74) is 0.536. The molecule has 0 aromatic heterocycles. The second kappa shape index (κ2) is 4.64. The van der Waals surface area contributed by atoms with E-state index in [1.807, 2.05) is 6.07 Å². The second-order valence-electron chi connectivity index (χ2n) is 2.76. The number of carbonyl (C=O) groups is 1. The first-order valence-corrected chi connectivity index (χ1v) is 4.06. The summed E-state index contributed by atoms with van der Waals surface area (Å²) in [4.78, 5) is 11.0. The average molecular weight is 201 g/mol. The molecule has 0 aliphatic heterocycles. The summed E-state index contributed by atoms with van der Waals surface area (Å²) in [6.07, 6.45) is -0.266. The van der Waals surface area contributed by atoms with E-state index in [9.17, 15) is 9.90 Å². The van der Waals surface area contributed by atoms with Crippen molar-refractivity contribution < 1.29 is 9.90 Å². The van der Waals surface area contributed by atoms with Gasteiger partial charge in [0.25, 0.3) is 0 Å². The molecule has 0 saturated heterocycles. The van der Waals surface area contributed by atoms with Crippen LogP contribution in [0.2, 0.25) is 0 Å². The van der Waals surface area contributed by atoms with Gasteiger partial charge in [0.15, 0.2) is 0 Å². The van der Waals surface area contributed by atoms with E-state index in [1.165, 1.54) is 18.2 Å². The summed E-state index contributed by atoms with van der Waals surface area (Å²) in [6.45, 7) is 0. The van der Waals surface area contributed by atoms with E-state index in [1.54, 1.807) is 6.07 Å². The Bertz CT molecular complexity index is 469. The van der Waals surface area contributed by atoms with Crippen LogP contribution in [0.3, 0.4) is 0 Å². The number of rotatable bonds is 2. The lowest BCUT2D eigenvalue weighted by Gasteiger charge is -2.03. The molecule has 0 radical (unpaired) electrons. The SMILES string of the molecule is N#CCC(=O)Nc1cc(O)cc(C#N)c1. The van der Waals surface area contributed by atoms with E-state index in [2.05, 4.69) is 5.32 Å². The molecule has 74 valence electrons. The molecule has 1 rings (SSSR count). The molecule has 0 aliphatic rings. The standard InChI is InChI=1S/C10H7N3O2/c11-2-1-10(15)13-8-3-7(6-12)4-9(14)5-8/h3-5,14H,1H2,(H,13,15). The quantitative estimate of drug-likeness (QED) is 0.749. The van der Waals surface area contributed by atoms with Gasteiger partial charge in [0.1, 0.15) is 12.2 Å². The Kier molecular flexibility index (Phi) is 3.26. The summed E-state index contributed by atoms with van der Waals surface area (Å²) >= 11 is 0. The molecule has 0 unspecified atom stereocenters. The number of carbonyl (C=O) groups excluding carboxylic acids is 1. The number of aromatic hydroxyl groups is 1. The number of anilines is 1. The summed E-state index contributed by atoms with van der Waals surface area (Å²) in [6, 6.07) is 7.52. The van der Waals surface area contributed by atoms with Gasteiger partial charge in [-0.1, -0.05) is 0 Å². The summed E-state index contributed by atoms with van der Waals surface area (Å²) in [5.74, 6) is -0.590. The number of amides is 1. The number of benzene rings is 1. The first kappa shape index (κ1) is 10.6. The number of nitrogens with one attached hydrogen (secondary N) is 1. The smallest absolute Gasteiger partial charge is 0.238 e. The highest BCUT2D eigenvalue weighted by molar-refractivity contribution is 5.92. The van der Waals surface area contributed by atoms with Crippen LogP contribution in [0.4, 0.5) is 5.69 Å². The zero-order valence-electron chi connectivity index (χ0n) is 7.69. The molecule has 0 aliphatic carbocycles. The van der Waals surface area contributed by atoms with Gasteiger partial charge in [0, 0.05) is 11.8 Å². The van der Waals surface area contributed by atoms with Gasteiger partial charge in [-0.3, -0.25) is 4.79 Å². The van der Waals surface area contributed by atoms with E-state index < -0.39 is 5.91 Å². The Morgan fingerprint density at radius 1 is 1.40 bits per heavy atom. The monoisotopic (exact) mass is 201 g/mol. The first-order valence-electron chi connectivity index (χ1n) is 4.06. The van der Waals surface area contributed by atoms with Crippen molar-refractivity contribution in [2.24, 2.45) is 0 Å². The van der Waals surface area contributed by atoms with E-state index in [-0.39, 0.29) is 17.7 Å². The van der Waals surface area contributed by atoms with E-state index in [4.69, 9.17) is 10.5 Å². The molecule has 2 N–H and O–H groups in total. The Morgan fingerprint density at radius 3 is 2.73 bits per heavy atom. The van der Waals surface area contributed by atoms with Gasteiger partial charge in [-0.25, -0.2) is 0 Å². The fourth-order valence-electron chi connectivity index (χ4n) is 1.02. The average Bonchev–Trinajstić information content (AvgIpc) is 2.17. The Morgan fingerprint density at radius 2 is 2.13 bits per heavy atom. The highest BCUT2D eigenvalue weighted by Crippen LogP contribution is 2.19. The number of nitriles is 2. The topological polar surface area (TPSA) is 96.9 Å². The maximum atomic E-state index is 11.0. The number of phenols is 1. The maximum absolute atomic E-state index is 11.0. The van der Waals surface area contributed by atoms with E-state index in [0.717, 1.165) is 0 Å². The number of phenolic OH excluding ortho intramolecular Hbond substituents is 1. The van der Waals surface area contributed by atoms with Crippen LogP contribution in [0.25, 0.3) is 0 Å². The lowest BCUT2D eigenvalue weighted by Crippen LogP contribution is -2.10. The van der Waals surface area contributed by atoms with Gasteiger partial charge < -0.3 is 10.4 Å². The minimum Gasteiger partial charge on any atom is -0.508 e. The van der Waals surface area contributed by atoms with Gasteiger partial charge in [-0.15, -0.1) is 0 Å². The third-order valence-electron chi connectivity index (χ3n) is 1.57. The largest absolute Gasteiger partial charge is 0.508 e.